The Morgan fingerprint density at radius 2 is 1.84 bits per heavy atom. The lowest BCUT2D eigenvalue weighted by atomic mass is 9.93. The number of carbonyl (C=O) groups is 1. The molecular weight excluding hydrogens is 496 g/mol. The van der Waals surface area contributed by atoms with Gasteiger partial charge in [-0.2, -0.15) is 0 Å². The van der Waals surface area contributed by atoms with E-state index in [1.54, 1.807) is 25.5 Å². The van der Waals surface area contributed by atoms with E-state index in [1.807, 2.05) is 54.6 Å². The van der Waals surface area contributed by atoms with Crippen LogP contribution in [0.5, 0.6) is 5.75 Å². The molecule has 4 aromatic rings. The van der Waals surface area contributed by atoms with E-state index in [4.69, 9.17) is 9.47 Å². The lowest BCUT2D eigenvalue weighted by Crippen LogP contribution is -2.40. The van der Waals surface area contributed by atoms with Gasteiger partial charge < -0.3 is 9.47 Å². The molecule has 0 aliphatic carbocycles. The Balaban J connectivity index is 1.76. The van der Waals surface area contributed by atoms with Crippen molar-refractivity contribution in [2.75, 3.05) is 13.7 Å². The minimum Gasteiger partial charge on any atom is -0.496 e. The molecule has 1 unspecified atom stereocenters. The van der Waals surface area contributed by atoms with Gasteiger partial charge in [-0.25, -0.2) is 9.79 Å². The summed E-state index contributed by atoms with van der Waals surface area (Å²) in [5.41, 5.74) is 3.57. The summed E-state index contributed by atoms with van der Waals surface area (Å²) in [6.45, 7) is 8.07. The quantitative estimate of drug-likeness (QED) is 0.329. The van der Waals surface area contributed by atoms with Gasteiger partial charge in [-0.1, -0.05) is 79.8 Å². The number of ether oxygens (including phenoxy) is 2. The first-order valence-electron chi connectivity index (χ1n) is 12.7. The summed E-state index contributed by atoms with van der Waals surface area (Å²) in [5.74, 6) is 0.582. The number of rotatable bonds is 6. The van der Waals surface area contributed by atoms with Crippen molar-refractivity contribution in [3.63, 3.8) is 0 Å². The van der Waals surface area contributed by atoms with Crippen molar-refractivity contribution < 1.29 is 14.3 Å². The fraction of sp³-hybridized carbons (Fsp3) is 0.258. The number of hydrogen-bond donors (Lipinski definition) is 0. The Labute approximate surface area is 225 Å². The number of esters is 1. The van der Waals surface area contributed by atoms with E-state index >= 15 is 0 Å². The predicted octanol–water partition coefficient (Wildman–Crippen LogP) is 5.08. The first kappa shape index (κ1) is 25.7. The van der Waals surface area contributed by atoms with Gasteiger partial charge in [0.15, 0.2) is 4.80 Å². The summed E-state index contributed by atoms with van der Waals surface area (Å²) >= 11 is 1.31. The summed E-state index contributed by atoms with van der Waals surface area (Å²) in [6, 6.07) is 19.4. The Hall–Kier alpha value is -3.97. The van der Waals surface area contributed by atoms with Gasteiger partial charge >= 0.3 is 5.97 Å². The van der Waals surface area contributed by atoms with E-state index in [0.29, 0.717) is 32.3 Å². The third-order valence-electron chi connectivity index (χ3n) is 6.86. The molecule has 2 heterocycles. The molecular formula is C31H30N2O4S. The zero-order valence-electron chi connectivity index (χ0n) is 22.1. The van der Waals surface area contributed by atoms with Crippen LogP contribution in [0.15, 0.2) is 81.7 Å². The highest BCUT2D eigenvalue weighted by Crippen LogP contribution is 2.32. The number of benzene rings is 3. The first-order valence-corrected chi connectivity index (χ1v) is 13.5. The predicted molar refractivity (Wildman–Crippen MR) is 151 cm³/mol. The molecule has 194 valence electrons. The normalized spacial score (nSPS) is 15.5. The average molecular weight is 527 g/mol. The zero-order valence-corrected chi connectivity index (χ0v) is 23.0. The van der Waals surface area contributed by atoms with Gasteiger partial charge in [0, 0.05) is 5.56 Å². The van der Waals surface area contributed by atoms with Crippen molar-refractivity contribution in [1.82, 2.24) is 4.57 Å². The number of allylic oxidation sites excluding steroid dienone is 1. The Kier molecular flexibility index (Phi) is 7.04. The second-order valence-electron chi connectivity index (χ2n) is 9.53. The van der Waals surface area contributed by atoms with Gasteiger partial charge in [-0.15, -0.1) is 0 Å². The smallest absolute Gasteiger partial charge is 0.338 e. The molecule has 6 nitrogen and oxygen atoms in total. The molecule has 5 rings (SSSR count). The number of hydrogen-bond acceptors (Lipinski definition) is 6. The highest BCUT2D eigenvalue weighted by atomic mass is 32.1. The van der Waals surface area contributed by atoms with Crippen LogP contribution in [0.4, 0.5) is 0 Å². The molecule has 0 fully saturated rings. The molecule has 0 N–H and O–H groups in total. The molecule has 0 bridgehead atoms. The molecule has 3 aromatic carbocycles. The van der Waals surface area contributed by atoms with Crippen molar-refractivity contribution in [3.8, 4) is 5.75 Å². The maximum atomic E-state index is 14.0. The van der Waals surface area contributed by atoms with E-state index < -0.39 is 12.0 Å². The number of methoxy groups -OCH3 is 1. The third kappa shape index (κ3) is 4.47. The monoisotopic (exact) mass is 526 g/mol. The first-order chi connectivity index (χ1) is 18.3. The number of carbonyl (C=O) groups excluding carboxylic acids is 1. The molecule has 0 radical (unpaired) electrons. The number of nitrogens with zero attached hydrogens (tertiary/aromatic N) is 2. The molecule has 1 aromatic heterocycles. The highest BCUT2D eigenvalue weighted by Gasteiger charge is 2.33. The molecule has 7 heteroatoms. The number of aromatic nitrogens is 1. The van der Waals surface area contributed by atoms with E-state index in [9.17, 15) is 9.59 Å². The van der Waals surface area contributed by atoms with E-state index in [-0.39, 0.29) is 12.2 Å². The third-order valence-corrected chi connectivity index (χ3v) is 7.84. The molecule has 0 saturated carbocycles. The second kappa shape index (κ2) is 10.4. The molecule has 1 aliphatic heterocycles. The lowest BCUT2D eigenvalue weighted by Gasteiger charge is -2.25. The molecule has 0 spiro atoms. The molecule has 0 saturated heterocycles. The minimum absolute atomic E-state index is 0.212. The topological polar surface area (TPSA) is 69.9 Å². The van der Waals surface area contributed by atoms with Crippen LogP contribution in [0, 0.1) is 0 Å². The molecule has 0 amide bonds. The van der Waals surface area contributed by atoms with Crippen molar-refractivity contribution in [1.29, 1.82) is 0 Å². The van der Waals surface area contributed by atoms with Crippen LogP contribution in [0.3, 0.4) is 0 Å². The van der Waals surface area contributed by atoms with Crippen LogP contribution in [-0.4, -0.2) is 24.3 Å². The summed E-state index contributed by atoms with van der Waals surface area (Å²) in [5, 5.41) is 2.04. The van der Waals surface area contributed by atoms with Gasteiger partial charge in [-0.3, -0.25) is 9.36 Å². The fourth-order valence-electron chi connectivity index (χ4n) is 4.90. The summed E-state index contributed by atoms with van der Waals surface area (Å²) in [6.07, 6.45) is 1.87. The van der Waals surface area contributed by atoms with Gasteiger partial charge in [-0.05, 0) is 53.8 Å². The van der Waals surface area contributed by atoms with Crippen molar-refractivity contribution in [3.05, 3.63) is 108 Å². The van der Waals surface area contributed by atoms with Crippen molar-refractivity contribution >= 4 is 34.2 Å². The SMILES string of the molecule is CCOC(=O)C1=C(C)N=c2sc(=Cc3c(OC)ccc4ccccc34)c(=O)n2C1c1ccc(C(C)C)cc1. The maximum Gasteiger partial charge on any atom is 0.338 e. The standard InChI is InChI=1S/C31H30N2O4S/c1-6-37-30(35)27-19(4)32-31-33(28(27)22-13-11-20(12-14-22)18(2)3)29(34)26(38-31)17-24-23-10-8-7-9-21(23)15-16-25(24)36-5/h7-18,28H,6H2,1-5H3. The van der Waals surface area contributed by atoms with Gasteiger partial charge in [0.2, 0.25) is 0 Å². The second-order valence-corrected chi connectivity index (χ2v) is 10.5. The molecule has 1 atom stereocenters. The van der Waals surface area contributed by atoms with Crippen LogP contribution < -0.4 is 19.6 Å². The lowest BCUT2D eigenvalue weighted by molar-refractivity contribution is -0.139. The van der Waals surface area contributed by atoms with Crippen LogP contribution in [0.25, 0.3) is 16.8 Å². The highest BCUT2D eigenvalue weighted by molar-refractivity contribution is 7.07. The van der Waals surface area contributed by atoms with E-state index in [2.05, 4.69) is 31.0 Å². The zero-order chi connectivity index (χ0) is 27.0. The van der Waals surface area contributed by atoms with Crippen LogP contribution in [0.2, 0.25) is 0 Å². The van der Waals surface area contributed by atoms with Crippen LogP contribution in [0.1, 0.15) is 56.3 Å². The minimum atomic E-state index is -0.636. The van der Waals surface area contributed by atoms with Crippen molar-refractivity contribution in [2.45, 2.75) is 39.7 Å². The Morgan fingerprint density at radius 3 is 2.53 bits per heavy atom. The van der Waals surface area contributed by atoms with E-state index in [1.165, 1.54) is 16.9 Å². The molecule has 1 aliphatic rings. The van der Waals surface area contributed by atoms with Gasteiger partial charge in [0.25, 0.3) is 5.56 Å². The van der Waals surface area contributed by atoms with Crippen molar-refractivity contribution in [2.24, 2.45) is 4.99 Å². The summed E-state index contributed by atoms with van der Waals surface area (Å²) < 4.78 is 13.2. The molecule has 38 heavy (non-hydrogen) atoms. The van der Waals surface area contributed by atoms with Crippen LogP contribution in [-0.2, 0) is 9.53 Å². The maximum absolute atomic E-state index is 14.0. The van der Waals surface area contributed by atoms with E-state index in [0.717, 1.165) is 21.9 Å². The van der Waals surface area contributed by atoms with Gasteiger partial charge in [0.05, 0.1) is 35.6 Å². The summed E-state index contributed by atoms with van der Waals surface area (Å²) in [7, 11) is 1.62. The fourth-order valence-corrected chi connectivity index (χ4v) is 5.93. The Morgan fingerprint density at radius 1 is 1.11 bits per heavy atom. The Bertz CT molecular complexity index is 1740. The number of fused-ring (bicyclic) bond motifs is 2. The van der Waals surface area contributed by atoms with Crippen LogP contribution >= 0.6 is 11.3 Å². The largest absolute Gasteiger partial charge is 0.496 e. The van der Waals surface area contributed by atoms with Gasteiger partial charge in [0.1, 0.15) is 5.75 Å². The number of thiazole rings is 1. The average Bonchev–Trinajstić information content (AvgIpc) is 3.22. The summed E-state index contributed by atoms with van der Waals surface area (Å²) in [4.78, 5) is 32.4.